The Morgan fingerprint density at radius 2 is 2.08 bits per heavy atom. The summed E-state index contributed by atoms with van der Waals surface area (Å²) in [7, 11) is 0. The second kappa shape index (κ2) is 6.83. The van der Waals surface area contributed by atoms with Gasteiger partial charge < -0.3 is 9.88 Å². The van der Waals surface area contributed by atoms with Crippen molar-refractivity contribution in [1.82, 2.24) is 19.5 Å². The molecule has 136 valence electrons. The predicted octanol–water partition coefficient (Wildman–Crippen LogP) is 4.20. The van der Waals surface area contributed by atoms with Gasteiger partial charge in [0.05, 0.1) is 6.33 Å². The molecule has 5 nitrogen and oxygen atoms in total. The van der Waals surface area contributed by atoms with Gasteiger partial charge in [-0.1, -0.05) is 24.8 Å². The summed E-state index contributed by atoms with van der Waals surface area (Å²) in [6.45, 7) is 4.88. The smallest absolute Gasteiger partial charge is 0.191 e. The Labute approximate surface area is 154 Å². The lowest BCUT2D eigenvalue weighted by Crippen LogP contribution is -2.08. The molecule has 0 radical (unpaired) electrons. The van der Waals surface area contributed by atoms with Crippen LogP contribution in [-0.2, 0) is 6.54 Å². The maximum atomic E-state index is 13.5. The molecule has 26 heavy (non-hydrogen) atoms. The molecule has 0 aliphatic heterocycles. The number of nitrogens with one attached hydrogen (secondary N) is 1. The molecule has 1 aliphatic rings. The molecule has 1 unspecified atom stereocenters. The molecule has 1 aromatic carbocycles. The third kappa shape index (κ3) is 3.13. The van der Waals surface area contributed by atoms with Crippen LogP contribution < -0.4 is 5.32 Å². The SMILES string of the molecule is CCSc1nc(NC2C[C@H]2c2ccc(F)c(F)c2)c2ncn(CC)c2n1. The van der Waals surface area contributed by atoms with Crippen molar-refractivity contribution in [2.45, 2.75) is 43.9 Å². The first-order chi connectivity index (χ1) is 12.6. The second-order valence-electron chi connectivity index (χ2n) is 6.26. The molecular weight excluding hydrogens is 356 g/mol. The third-order valence-corrected chi connectivity index (χ3v) is 5.27. The molecule has 2 heterocycles. The highest BCUT2D eigenvalue weighted by molar-refractivity contribution is 7.99. The zero-order valence-corrected chi connectivity index (χ0v) is 15.4. The average Bonchev–Trinajstić information content (AvgIpc) is 3.26. The number of hydrogen-bond acceptors (Lipinski definition) is 5. The fourth-order valence-corrected chi connectivity index (χ4v) is 3.66. The molecule has 1 saturated carbocycles. The Bertz CT molecular complexity index is 958. The van der Waals surface area contributed by atoms with Gasteiger partial charge in [0.15, 0.2) is 33.8 Å². The van der Waals surface area contributed by atoms with Crippen molar-refractivity contribution in [3.8, 4) is 0 Å². The Kier molecular flexibility index (Phi) is 4.52. The van der Waals surface area contributed by atoms with Gasteiger partial charge in [-0.15, -0.1) is 0 Å². The summed E-state index contributed by atoms with van der Waals surface area (Å²) in [5.41, 5.74) is 2.35. The predicted molar refractivity (Wildman–Crippen MR) is 98.5 cm³/mol. The van der Waals surface area contributed by atoms with E-state index in [2.05, 4.69) is 27.2 Å². The van der Waals surface area contributed by atoms with Crippen LogP contribution in [0.4, 0.5) is 14.6 Å². The molecule has 2 aromatic heterocycles. The van der Waals surface area contributed by atoms with Crippen molar-refractivity contribution < 1.29 is 8.78 Å². The number of rotatable bonds is 6. The number of halogens is 2. The lowest BCUT2D eigenvalue weighted by Gasteiger charge is -2.09. The van der Waals surface area contributed by atoms with Gasteiger partial charge in [-0.3, -0.25) is 0 Å². The van der Waals surface area contributed by atoms with Crippen LogP contribution in [0.3, 0.4) is 0 Å². The summed E-state index contributed by atoms with van der Waals surface area (Å²) in [4.78, 5) is 13.7. The van der Waals surface area contributed by atoms with Crippen LogP contribution in [-0.4, -0.2) is 31.3 Å². The fourth-order valence-electron chi connectivity index (χ4n) is 3.09. The molecule has 0 bridgehead atoms. The van der Waals surface area contributed by atoms with Gasteiger partial charge in [0.2, 0.25) is 0 Å². The van der Waals surface area contributed by atoms with Crippen molar-refractivity contribution in [1.29, 1.82) is 0 Å². The van der Waals surface area contributed by atoms with E-state index in [0.717, 1.165) is 35.4 Å². The quantitative estimate of drug-likeness (QED) is 0.517. The number of aromatic nitrogens is 4. The van der Waals surface area contributed by atoms with Gasteiger partial charge in [-0.25, -0.2) is 23.7 Å². The number of aryl methyl sites for hydroxylation is 1. The molecule has 0 amide bonds. The lowest BCUT2D eigenvalue weighted by atomic mass is 10.1. The van der Waals surface area contributed by atoms with E-state index in [4.69, 9.17) is 0 Å². The summed E-state index contributed by atoms with van der Waals surface area (Å²) in [6, 6.07) is 4.23. The molecule has 4 rings (SSSR count). The van der Waals surface area contributed by atoms with E-state index in [0.29, 0.717) is 11.0 Å². The Hall–Kier alpha value is -2.22. The Morgan fingerprint density at radius 1 is 1.23 bits per heavy atom. The minimum Gasteiger partial charge on any atom is -0.365 e. The van der Waals surface area contributed by atoms with Gasteiger partial charge in [0.1, 0.15) is 0 Å². The molecule has 2 atom stereocenters. The molecule has 3 aromatic rings. The van der Waals surface area contributed by atoms with E-state index in [9.17, 15) is 8.78 Å². The number of nitrogens with zero attached hydrogens (tertiary/aromatic N) is 4. The fraction of sp³-hybridized carbons (Fsp3) is 0.389. The van der Waals surface area contributed by atoms with Crippen molar-refractivity contribution in [2.24, 2.45) is 0 Å². The molecule has 1 fully saturated rings. The number of fused-ring (bicyclic) bond motifs is 1. The number of imidazole rings is 1. The minimum atomic E-state index is -0.817. The highest BCUT2D eigenvalue weighted by Gasteiger charge is 2.39. The van der Waals surface area contributed by atoms with Gasteiger partial charge >= 0.3 is 0 Å². The van der Waals surface area contributed by atoms with Crippen LogP contribution in [0, 0.1) is 11.6 Å². The highest BCUT2D eigenvalue weighted by Crippen LogP contribution is 2.43. The van der Waals surface area contributed by atoms with Gasteiger partial charge in [0, 0.05) is 18.5 Å². The van der Waals surface area contributed by atoms with Crippen molar-refractivity contribution in [3.05, 3.63) is 41.7 Å². The summed E-state index contributed by atoms with van der Waals surface area (Å²) >= 11 is 1.58. The molecule has 8 heteroatoms. The maximum absolute atomic E-state index is 13.5. The number of anilines is 1. The van der Waals surface area contributed by atoms with Crippen LogP contribution in [0.1, 0.15) is 31.7 Å². The van der Waals surface area contributed by atoms with Crippen LogP contribution in [0.25, 0.3) is 11.2 Å². The molecule has 0 spiro atoms. The number of hydrogen-bond donors (Lipinski definition) is 1. The van der Waals surface area contributed by atoms with E-state index >= 15 is 0 Å². The van der Waals surface area contributed by atoms with Gasteiger partial charge in [-0.05, 0) is 36.8 Å². The van der Waals surface area contributed by atoms with Crippen LogP contribution >= 0.6 is 11.8 Å². The summed E-state index contributed by atoms with van der Waals surface area (Å²) < 4.78 is 28.6. The second-order valence-corrected chi connectivity index (χ2v) is 7.49. The Morgan fingerprint density at radius 3 is 2.81 bits per heavy atom. The minimum absolute atomic E-state index is 0.129. The lowest BCUT2D eigenvalue weighted by molar-refractivity contribution is 0.507. The summed E-state index contributed by atoms with van der Waals surface area (Å²) in [6.07, 6.45) is 2.62. The van der Waals surface area contributed by atoms with Gasteiger partial charge in [0.25, 0.3) is 0 Å². The van der Waals surface area contributed by atoms with E-state index in [1.165, 1.54) is 12.1 Å². The first kappa shape index (κ1) is 17.2. The average molecular weight is 375 g/mol. The van der Waals surface area contributed by atoms with E-state index in [1.54, 1.807) is 24.2 Å². The van der Waals surface area contributed by atoms with Crippen molar-refractivity contribution in [3.63, 3.8) is 0 Å². The van der Waals surface area contributed by atoms with E-state index < -0.39 is 11.6 Å². The third-order valence-electron chi connectivity index (χ3n) is 4.54. The Balaban J connectivity index is 1.61. The first-order valence-corrected chi connectivity index (χ1v) is 9.66. The topological polar surface area (TPSA) is 55.6 Å². The van der Waals surface area contributed by atoms with Crippen molar-refractivity contribution in [2.75, 3.05) is 11.1 Å². The summed E-state index contributed by atoms with van der Waals surface area (Å²) in [5.74, 6) is 0.106. The first-order valence-electron chi connectivity index (χ1n) is 8.67. The highest BCUT2D eigenvalue weighted by atomic mass is 32.2. The van der Waals surface area contributed by atoms with E-state index in [-0.39, 0.29) is 12.0 Å². The van der Waals surface area contributed by atoms with Crippen LogP contribution in [0.15, 0.2) is 29.7 Å². The van der Waals surface area contributed by atoms with E-state index in [1.807, 2.05) is 11.5 Å². The molecule has 1 N–H and O–H groups in total. The molecule has 0 saturated heterocycles. The normalized spacial score (nSPS) is 19.1. The number of thioether (sulfide) groups is 1. The maximum Gasteiger partial charge on any atom is 0.191 e. The number of benzene rings is 1. The van der Waals surface area contributed by atoms with Gasteiger partial charge in [-0.2, -0.15) is 0 Å². The zero-order chi connectivity index (χ0) is 18.3. The van der Waals surface area contributed by atoms with Crippen molar-refractivity contribution >= 4 is 28.7 Å². The van der Waals surface area contributed by atoms with Crippen LogP contribution in [0.5, 0.6) is 0 Å². The molecular formula is C18H19F2N5S. The monoisotopic (exact) mass is 375 g/mol. The van der Waals surface area contributed by atoms with Crippen LogP contribution in [0.2, 0.25) is 0 Å². The summed E-state index contributed by atoms with van der Waals surface area (Å²) in [5, 5.41) is 4.13. The zero-order valence-electron chi connectivity index (χ0n) is 14.5. The largest absolute Gasteiger partial charge is 0.365 e. The standard InChI is InChI=1S/C18H19F2N5S/c1-3-25-9-21-15-16(23-18(26-4-2)24-17(15)25)22-14-8-11(14)10-5-6-12(19)13(20)7-10/h5-7,9,11,14H,3-4,8H2,1-2H3,(H,22,23,24)/t11-,14?/m0/s1. The molecule has 1 aliphatic carbocycles.